The number of amides is 2. The van der Waals surface area contributed by atoms with Crippen LogP contribution < -0.4 is 14.8 Å². The minimum atomic E-state index is -0.696. The van der Waals surface area contributed by atoms with Crippen LogP contribution >= 0.6 is 11.6 Å². The number of nitrogens with zero attached hydrogens (tertiary/aromatic N) is 1. The molecule has 0 heterocycles. The Balaban J connectivity index is 1.87. The third kappa shape index (κ3) is 6.38. The lowest BCUT2D eigenvalue weighted by Gasteiger charge is -2.17. The number of esters is 1. The van der Waals surface area contributed by atoms with Gasteiger partial charge in [-0.2, -0.15) is 0 Å². The Morgan fingerprint density at radius 1 is 1.10 bits per heavy atom. The molecule has 0 radical (unpaired) electrons. The van der Waals surface area contributed by atoms with E-state index >= 15 is 0 Å². The van der Waals surface area contributed by atoms with Gasteiger partial charge in [0.2, 0.25) is 5.91 Å². The fourth-order valence-corrected chi connectivity index (χ4v) is 2.63. The number of nitrogens with one attached hydrogen (secondary N) is 1. The van der Waals surface area contributed by atoms with E-state index in [1.807, 2.05) is 6.92 Å². The number of hydrogen-bond acceptors (Lipinski definition) is 6. The van der Waals surface area contributed by atoms with Gasteiger partial charge >= 0.3 is 5.97 Å². The molecule has 8 nitrogen and oxygen atoms in total. The highest BCUT2D eigenvalue weighted by Gasteiger charge is 2.18. The molecule has 0 fully saturated rings. The first-order valence-electron chi connectivity index (χ1n) is 9.12. The number of methoxy groups -OCH3 is 1. The lowest BCUT2D eigenvalue weighted by Crippen LogP contribution is -2.37. The Labute approximate surface area is 179 Å². The van der Waals surface area contributed by atoms with E-state index in [-0.39, 0.29) is 12.1 Å². The topological polar surface area (TPSA) is 94.2 Å². The molecule has 0 saturated carbocycles. The van der Waals surface area contributed by atoms with Crippen molar-refractivity contribution < 1.29 is 28.6 Å². The number of carbonyl (C=O) groups excluding carboxylic acids is 3. The van der Waals surface area contributed by atoms with E-state index < -0.39 is 24.4 Å². The Bertz CT molecular complexity index is 918. The van der Waals surface area contributed by atoms with Crippen molar-refractivity contribution in [1.82, 2.24) is 4.90 Å². The monoisotopic (exact) mass is 434 g/mol. The number of rotatable bonds is 9. The average Bonchev–Trinajstić information content (AvgIpc) is 2.73. The van der Waals surface area contributed by atoms with Gasteiger partial charge in [0, 0.05) is 7.05 Å². The predicted octanol–water partition coefficient (Wildman–Crippen LogP) is 3.00. The van der Waals surface area contributed by atoms with Crippen molar-refractivity contribution in [2.24, 2.45) is 0 Å². The van der Waals surface area contributed by atoms with Crippen molar-refractivity contribution >= 4 is 35.1 Å². The molecule has 0 saturated heterocycles. The van der Waals surface area contributed by atoms with Gasteiger partial charge in [-0.05, 0) is 37.3 Å². The predicted molar refractivity (Wildman–Crippen MR) is 112 cm³/mol. The van der Waals surface area contributed by atoms with Crippen LogP contribution in [0.15, 0.2) is 42.5 Å². The standard InChI is InChI=1S/C21H23ClN2O6/c1-4-29-17-10-9-14(11-18(17)28-3)21(27)30-13-20(26)24(2)12-19(25)23-16-8-6-5-7-15(16)22/h5-11H,4,12-13H2,1-3H3,(H,23,25). The molecule has 0 bridgehead atoms. The maximum Gasteiger partial charge on any atom is 0.338 e. The first kappa shape index (κ1) is 23.0. The summed E-state index contributed by atoms with van der Waals surface area (Å²) in [7, 11) is 2.89. The SMILES string of the molecule is CCOc1ccc(C(=O)OCC(=O)N(C)CC(=O)Nc2ccccc2Cl)cc1OC. The van der Waals surface area contributed by atoms with E-state index in [0.29, 0.717) is 28.8 Å². The molecular formula is C21H23ClN2O6. The second kappa shape index (κ2) is 11.1. The number of anilines is 1. The third-order valence-corrected chi connectivity index (χ3v) is 4.31. The summed E-state index contributed by atoms with van der Waals surface area (Å²) in [5.41, 5.74) is 0.656. The molecule has 1 N–H and O–H groups in total. The second-order valence-corrected chi connectivity index (χ2v) is 6.56. The molecule has 30 heavy (non-hydrogen) atoms. The molecule has 0 aliphatic heterocycles. The number of halogens is 1. The van der Waals surface area contributed by atoms with Crippen LogP contribution in [0.25, 0.3) is 0 Å². The van der Waals surface area contributed by atoms with E-state index in [1.54, 1.807) is 30.3 Å². The number of carbonyl (C=O) groups is 3. The largest absolute Gasteiger partial charge is 0.493 e. The summed E-state index contributed by atoms with van der Waals surface area (Å²) in [6.07, 6.45) is 0. The second-order valence-electron chi connectivity index (χ2n) is 6.15. The number of para-hydroxylation sites is 1. The van der Waals surface area contributed by atoms with E-state index in [2.05, 4.69) is 5.32 Å². The van der Waals surface area contributed by atoms with Crippen molar-refractivity contribution in [1.29, 1.82) is 0 Å². The number of benzene rings is 2. The van der Waals surface area contributed by atoms with Crippen molar-refractivity contribution in [3.05, 3.63) is 53.1 Å². The van der Waals surface area contributed by atoms with Crippen LogP contribution in [0.1, 0.15) is 17.3 Å². The highest BCUT2D eigenvalue weighted by Crippen LogP contribution is 2.28. The lowest BCUT2D eigenvalue weighted by atomic mass is 10.2. The van der Waals surface area contributed by atoms with Gasteiger partial charge < -0.3 is 24.4 Å². The quantitative estimate of drug-likeness (QED) is 0.610. The van der Waals surface area contributed by atoms with Crippen LogP contribution in [0.5, 0.6) is 11.5 Å². The highest BCUT2D eigenvalue weighted by atomic mass is 35.5. The number of ether oxygens (including phenoxy) is 3. The van der Waals surface area contributed by atoms with Gasteiger partial charge in [0.15, 0.2) is 18.1 Å². The van der Waals surface area contributed by atoms with Gasteiger partial charge in [0.25, 0.3) is 5.91 Å². The first-order valence-corrected chi connectivity index (χ1v) is 9.49. The van der Waals surface area contributed by atoms with Crippen LogP contribution in [0.3, 0.4) is 0 Å². The summed E-state index contributed by atoms with van der Waals surface area (Å²) in [6, 6.07) is 11.3. The molecule has 2 aromatic rings. The molecule has 0 aromatic heterocycles. The smallest absolute Gasteiger partial charge is 0.338 e. The molecule has 0 aliphatic rings. The summed E-state index contributed by atoms with van der Waals surface area (Å²) in [5, 5.41) is 3.01. The van der Waals surface area contributed by atoms with Gasteiger partial charge in [-0.3, -0.25) is 9.59 Å². The van der Waals surface area contributed by atoms with Crippen molar-refractivity contribution in [2.45, 2.75) is 6.92 Å². The molecule has 0 aliphatic carbocycles. The van der Waals surface area contributed by atoms with Crippen LogP contribution in [-0.4, -0.2) is 56.6 Å². The molecule has 2 aromatic carbocycles. The van der Waals surface area contributed by atoms with Gasteiger partial charge in [-0.1, -0.05) is 23.7 Å². The Kier molecular flexibility index (Phi) is 8.49. The molecule has 2 rings (SSSR count). The minimum absolute atomic E-state index is 0.210. The molecule has 0 atom stereocenters. The van der Waals surface area contributed by atoms with Crippen LogP contribution in [0.2, 0.25) is 5.02 Å². The normalized spacial score (nSPS) is 10.1. The zero-order valence-electron chi connectivity index (χ0n) is 16.9. The van der Waals surface area contributed by atoms with E-state index in [0.717, 1.165) is 4.90 Å². The Morgan fingerprint density at radius 2 is 1.83 bits per heavy atom. The first-order chi connectivity index (χ1) is 14.3. The summed E-state index contributed by atoms with van der Waals surface area (Å²) in [5.74, 6) is -0.779. The fourth-order valence-electron chi connectivity index (χ4n) is 2.45. The molecule has 9 heteroatoms. The maximum atomic E-state index is 12.2. The zero-order chi connectivity index (χ0) is 22.1. The molecular weight excluding hydrogens is 412 g/mol. The van der Waals surface area contributed by atoms with Gasteiger partial charge in [-0.15, -0.1) is 0 Å². The van der Waals surface area contributed by atoms with Crippen LogP contribution in [0.4, 0.5) is 5.69 Å². The van der Waals surface area contributed by atoms with Crippen molar-refractivity contribution in [3.8, 4) is 11.5 Å². The van der Waals surface area contributed by atoms with Gasteiger partial charge in [0.05, 0.1) is 36.5 Å². The Hall–Kier alpha value is -3.26. The summed E-state index contributed by atoms with van der Waals surface area (Å²) in [6.45, 7) is 1.55. The zero-order valence-corrected chi connectivity index (χ0v) is 17.7. The van der Waals surface area contributed by atoms with Crippen LogP contribution in [0, 0.1) is 0 Å². The van der Waals surface area contributed by atoms with E-state index in [9.17, 15) is 14.4 Å². The maximum absolute atomic E-state index is 12.2. The summed E-state index contributed by atoms with van der Waals surface area (Å²) < 4.78 is 15.6. The van der Waals surface area contributed by atoms with E-state index in [1.165, 1.54) is 26.3 Å². The summed E-state index contributed by atoms with van der Waals surface area (Å²) >= 11 is 5.99. The lowest BCUT2D eigenvalue weighted by molar-refractivity contribution is -0.136. The van der Waals surface area contributed by atoms with Crippen LogP contribution in [-0.2, 0) is 14.3 Å². The number of likely N-dealkylation sites (N-methyl/N-ethyl adjacent to an activating group) is 1. The third-order valence-electron chi connectivity index (χ3n) is 3.98. The van der Waals surface area contributed by atoms with Crippen molar-refractivity contribution in [2.75, 3.05) is 39.2 Å². The van der Waals surface area contributed by atoms with Gasteiger partial charge in [-0.25, -0.2) is 4.79 Å². The summed E-state index contributed by atoms with van der Waals surface area (Å²) in [4.78, 5) is 37.7. The molecule has 2 amide bonds. The van der Waals surface area contributed by atoms with Crippen molar-refractivity contribution in [3.63, 3.8) is 0 Å². The molecule has 0 spiro atoms. The molecule has 160 valence electrons. The number of hydrogen-bond donors (Lipinski definition) is 1. The van der Waals surface area contributed by atoms with E-state index in [4.69, 9.17) is 25.8 Å². The highest BCUT2D eigenvalue weighted by molar-refractivity contribution is 6.33. The molecule has 0 unspecified atom stereocenters. The Morgan fingerprint density at radius 3 is 2.50 bits per heavy atom. The average molecular weight is 435 g/mol. The fraction of sp³-hybridized carbons (Fsp3) is 0.286. The minimum Gasteiger partial charge on any atom is -0.493 e. The van der Waals surface area contributed by atoms with Gasteiger partial charge in [0.1, 0.15) is 0 Å².